The van der Waals surface area contributed by atoms with E-state index >= 15 is 0 Å². The molecule has 11 heavy (non-hydrogen) atoms. The third-order valence-corrected chi connectivity index (χ3v) is 1.26. The fourth-order valence-corrected chi connectivity index (χ4v) is 0.730. The number of hydrogen-bond donors (Lipinski definition) is 2. The van der Waals surface area contributed by atoms with Crippen molar-refractivity contribution < 1.29 is 14.6 Å². The highest BCUT2D eigenvalue weighted by Gasteiger charge is 2.08. The third-order valence-electron chi connectivity index (χ3n) is 1.26. The Morgan fingerprint density at radius 1 is 1.55 bits per heavy atom. The molecule has 66 valence electrons. The van der Waals surface area contributed by atoms with Crippen LogP contribution >= 0.6 is 0 Å². The minimum Gasteiger partial charge on any atom is -0.356 e. The van der Waals surface area contributed by atoms with Crippen molar-refractivity contribution in [3.63, 3.8) is 0 Å². The van der Waals surface area contributed by atoms with Crippen molar-refractivity contribution in [3.05, 3.63) is 0 Å². The maximum absolute atomic E-state index is 10.4. The first kappa shape index (κ1) is 10.4. The summed E-state index contributed by atoms with van der Waals surface area (Å²) in [6, 6.07) is 0. The lowest BCUT2D eigenvalue weighted by atomic mass is 10.4. The van der Waals surface area contributed by atoms with E-state index < -0.39 is 0 Å². The molecule has 0 heterocycles. The molecule has 0 aliphatic carbocycles. The molecule has 0 bridgehead atoms. The molecule has 0 aliphatic rings. The Kier molecular flexibility index (Phi) is 4.07. The van der Waals surface area contributed by atoms with Crippen LogP contribution in [0.5, 0.6) is 0 Å². The second-order valence-electron chi connectivity index (χ2n) is 3.18. The van der Waals surface area contributed by atoms with Gasteiger partial charge in [-0.2, -0.15) is 4.65 Å². The van der Waals surface area contributed by atoms with Gasteiger partial charge in [-0.15, -0.1) is 0 Å². The Bertz CT molecular complexity index is 129. The van der Waals surface area contributed by atoms with E-state index in [4.69, 9.17) is 0 Å². The Morgan fingerprint density at radius 2 is 2.09 bits per heavy atom. The molecule has 0 saturated heterocycles. The van der Waals surface area contributed by atoms with Crippen LogP contribution in [0, 0.1) is 0 Å². The van der Waals surface area contributed by atoms with Crippen LogP contribution in [-0.4, -0.2) is 42.9 Å². The number of nitrogens with one attached hydrogen (secondary N) is 1. The number of nitrogens with zero attached hydrogens (tertiary/aromatic N) is 1. The predicted molar refractivity (Wildman–Crippen MR) is 42.1 cm³/mol. The van der Waals surface area contributed by atoms with E-state index in [0.717, 1.165) is 6.42 Å². The Morgan fingerprint density at radius 3 is 2.45 bits per heavy atom. The lowest BCUT2D eigenvalue weighted by Crippen LogP contribution is -2.37. The molecule has 2 N–H and O–H groups in total. The zero-order chi connectivity index (χ0) is 8.91. The summed E-state index contributed by atoms with van der Waals surface area (Å²) in [7, 11) is 3.40. The van der Waals surface area contributed by atoms with Crippen LogP contribution < -0.4 is 5.32 Å². The van der Waals surface area contributed by atoms with Crippen molar-refractivity contribution in [2.45, 2.75) is 13.3 Å². The van der Waals surface area contributed by atoms with Gasteiger partial charge in [-0.25, -0.2) is 5.21 Å². The van der Waals surface area contributed by atoms with Crippen molar-refractivity contribution in [2.24, 2.45) is 0 Å². The highest BCUT2D eigenvalue weighted by Crippen LogP contribution is 1.90. The van der Waals surface area contributed by atoms with Crippen molar-refractivity contribution in [1.29, 1.82) is 0 Å². The van der Waals surface area contributed by atoms with Crippen molar-refractivity contribution in [2.75, 3.05) is 27.2 Å². The van der Waals surface area contributed by atoms with E-state index in [1.807, 2.05) is 0 Å². The average Bonchev–Trinajstić information content (AvgIpc) is 1.78. The lowest BCUT2D eigenvalue weighted by Gasteiger charge is -2.18. The van der Waals surface area contributed by atoms with E-state index in [1.54, 1.807) is 14.1 Å². The van der Waals surface area contributed by atoms with Crippen molar-refractivity contribution >= 4 is 5.91 Å². The Labute approximate surface area is 67.4 Å². The number of carbonyl (C=O) groups is 1. The van der Waals surface area contributed by atoms with Crippen LogP contribution in [0.3, 0.4) is 0 Å². The summed E-state index contributed by atoms with van der Waals surface area (Å²) >= 11 is 0. The highest BCUT2D eigenvalue weighted by molar-refractivity contribution is 5.72. The SMILES string of the molecule is CC(=O)NCCC[N+](C)(C)O. The van der Waals surface area contributed by atoms with E-state index in [1.165, 1.54) is 6.92 Å². The molecule has 0 saturated carbocycles. The van der Waals surface area contributed by atoms with Gasteiger partial charge < -0.3 is 5.32 Å². The highest BCUT2D eigenvalue weighted by atomic mass is 16.5. The van der Waals surface area contributed by atoms with E-state index in [0.29, 0.717) is 13.1 Å². The summed E-state index contributed by atoms with van der Waals surface area (Å²) in [4.78, 5) is 10.4. The number of amides is 1. The van der Waals surface area contributed by atoms with Crippen molar-refractivity contribution in [3.8, 4) is 0 Å². The smallest absolute Gasteiger partial charge is 0.216 e. The molecule has 0 rings (SSSR count). The number of hydrogen-bond acceptors (Lipinski definition) is 2. The Hall–Kier alpha value is -0.610. The molecule has 0 aromatic carbocycles. The molecule has 0 atom stereocenters. The first-order chi connectivity index (χ1) is 4.92. The van der Waals surface area contributed by atoms with E-state index in [2.05, 4.69) is 5.32 Å². The summed E-state index contributed by atoms with van der Waals surface area (Å²) in [6.07, 6.45) is 0.795. The zero-order valence-electron chi connectivity index (χ0n) is 7.42. The van der Waals surface area contributed by atoms with Gasteiger partial charge in [0.05, 0.1) is 14.1 Å². The maximum atomic E-state index is 10.4. The van der Waals surface area contributed by atoms with Gasteiger partial charge in [-0.1, -0.05) is 0 Å². The number of quaternary nitrogens is 1. The van der Waals surface area contributed by atoms with Gasteiger partial charge in [-0.3, -0.25) is 4.79 Å². The normalized spacial score (nSPS) is 11.3. The first-order valence-electron chi connectivity index (χ1n) is 3.72. The minimum atomic E-state index is -0.0421. The Balaban J connectivity index is 3.22. The molecule has 4 nitrogen and oxygen atoms in total. The predicted octanol–water partition coefficient (Wildman–Crippen LogP) is -0.0218. The lowest BCUT2D eigenvalue weighted by molar-refractivity contribution is -1.07. The van der Waals surface area contributed by atoms with Crippen LogP contribution in [0.25, 0.3) is 0 Å². The molecule has 0 aromatic rings. The van der Waals surface area contributed by atoms with Gasteiger partial charge in [0.2, 0.25) is 5.91 Å². The molecule has 1 amide bonds. The van der Waals surface area contributed by atoms with Gasteiger partial charge in [0.15, 0.2) is 0 Å². The molecule has 0 fully saturated rings. The summed E-state index contributed by atoms with van der Waals surface area (Å²) in [6.45, 7) is 2.77. The van der Waals surface area contributed by atoms with Gasteiger partial charge >= 0.3 is 0 Å². The van der Waals surface area contributed by atoms with Crippen LogP contribution in [0.1, 0.15) is 13.3 Å². The van der Waals surface area contributed by atoms with Crippen LogP contribution in [0.4, 0.5) is 0 Å². The third kappa shape index (κ3) is 9.39. The molecule has 0 aliphatic heterocycles. The van der Waals surface area contributed by atoms with Gasteiger partial charge in [0, 0.05) is 19.9 Å². The molecule has 0 spiro atoms. The van der Waals surface area contributed by atoms with E-state index in [9.17, 15) is 10.0 Å². The fourth-order valence-electron chi connectivity index (χ4n) is 0.730. The average molecular weight is 161 g/mol. The monoisotopic (exact) mass is 161 g/mol. The van der Waals surface area contributed by atoms with Crippen LogP contribution in [0.15, 0.2) is 0 Å². The summed E-state index contributed by atoms with van der Waals surface area (Å²) in [5.41, 5.74) is 0. The molecule has 4 heteroatoms. The molecule has 0 radical (unpaired) electrons. The molecule has 0 aromatic heterocycles. The minimum absolute atomic E-state index is 0.0201. The van der Waals surface area contributed by atoms with Gasteiger partial charge in [0.25, 0.3) is 0 Å². The van der Waals surface area contributed by atoms with E-state index in [-0.39, 0.29) is 10.6 Å². The van der Waals surface area contributed by atoms with Gasteiger partial charge in [0.1, 0.15) is 6.54 Å². The standard InChI is InChI=1S/C7H16N2O2/c1-7(10)8-5-4-6-9(2,3)11/h11H,4-6H2,1-3H3/p+1. The van der Waals surface area contributed by atoms with Gasteiger partial charge in [-0.05, 0) is 0 Å². The second kappa shape index (κ2) is 4.31. The quantitative estimate of drug-likeness (QED) is 0.346. The summed E-state index contributed by atoms with van der Waals surface area (Å²) < 4.78 is -0.0421. The zero-order valence-corrected chi connectivity index (χ0v) is 7.42. The van der Waals surface area contributed by atoms with Crippen LogP contribution in [-0.2, 0) is 4.79 Å². The molecular formula is C7H17N2O2+. The molecule has 0 unspecified atom stereocenters. The summed E-state index contributed by atoms with van der Waals surface area (Å²) in [5.74, 6) is -0.0201. The topological polar surface area (TPSA) is 49.3 Å². The van der Waals surface area contributed by atoms with Crippen LogP contribution in [0.2, 0.25) is 0 Å². The maximum Gasteiger partial charge on any atom is 0.216 e. The largest absolute Gasteiger partial charge is 0.356 e. The molecular weight excluding hydrogens is 144 g/mol. The fraction of sp³-hybridized carbons (Fsp3) is 0.857. The van der Waals surface area contributed by atoms with Crippen molar-refractivity contribution in [1.82, 2.24) is 5.32 Å². The number of rotatable bonds is 4. The number of carbonyl (C=O) groups excluding carboxylic acids is 1. The number of hydroxylamine groups is 3. The summed E-state index contributed by atoms with van der Waals surface area (Å²) in [5, 5.41) is 11.9. The first-order valence-corrected chi connectivity index (χ1v) is 3.72. The second-order valence-corrected chi connectivity index (χ2v) is 3.18.